The molecule has 1 aromatic heterocycles. The van der Waals surface area contributed by atoms with Crippen molar-refractivity contribution in [3.8, 4) is 11.5 Å². The molecule has 1 saturated heterocycles. The van der Waals surface area contributed by atoms with E-state index >= 15 is 0 Å². The molecule has 5 nitrogen and oxygen atoms in total. The van der Waals surface area contributed by atoms with Gasteiger partial charge in [-0.3, -0.25) is 9.78 Å². The summed E-state index contributed by atoms with van der Waals surface area (Å²) in [5, 5.41) is 0. The second-order valence-electron chi connectivity index (χ2n) is 6.47. The average Bonchev–Trinajstić information content (AvgIpc) is 3.16. The lowest BCUT2D eigenvalue weighted by molar-refractivity contribution is -0.132. The summed E-state index contributed by atoms with van der Waals surface area (Å²) in [7, 11) is 0. The van der Waals surface area contributed by atoms with Gasteiger partial charge < -0.3 is 14.4 Å². The minimum Gasteiger partial charge on any atom is -0.486 e. The SMILES string of the molecule is O=C(CCc1ccccn1)N1CCC[C@@H]1c1ccc2c(c1)OCCO2. The van der Waals surface area contributed by atoms with Crippen molar-refractivity contribution in [1.82, 2.24) is 9.88 Å². The zero-order valence-electron chi connectivity index (χ0n) is 14.2. The van der Waals surface area contributed by atoms with Crippen molar-refractivity contribution in [3.63, 3.8) is 0 Å². The van der Waals surface area contributed by atoms with Crippen LogP contribution in [0.5, 0.6) is 11.5 Å². The van der Waals surface area contributed by atoms with Crippen molar-refractivity contribution in [1.29, 1.82) is 0 Å². The Morgan fingerprint density at radius 2 is 2.04 bits per heavy atom. The van der Waals surface area contributed by atoms with Gasteiger partial charge in [-0.1, -0.05) is 12.1 Å². The highest BCUT2D eigenvalue weighted by Gasteiger charge is 2.30. The predicted molar refractivity (Wildman–Crippen MR) is 93.7 cm³/mol. The number of benzene rings is 1. The Balaban J connectivity index is 1.45. The Bertz CT molecular complexity index is 748. The second-order valence-corrected chi connectivity index (χ2v) is 6.47. The van der Waals surface area contributed by atoms with Gasteiger partial charge in [0.05, 0.1) is 6.04 Å². The maximum atomic E-state index is 12.7. The molecule has 130 valence electrons. The molecule has 25 heavy (non-hydrogen) atoms. The molecule has 2 aliphatic heterocycles. The first-order valence-corrected chi connectivity index (χ1v) is 8.90. The van der Waals surface area contributed by atoms with E-state index in [9.17, 15) is 4.79 Å². The van der Waals surface area contributed by atoms with Crippen molar-refractivity contribution in [3.05, 3.63) is 53.9 Å². The number of hydrogen-bond donors (Lipinski definition) is 0. The van der Waals surface area contributed by atoms with Gasteiger partial charge in [0.2, 0.25) is 5.91 Å². The molecule has 0 saturated carbocycles. The standard InChI is InChI=1S/C20H22N2O3/c23-20(9-7-16-4-1-2-10-21-16)22-11-3-5-17(22)15-6-8-18-19(14-15)25-13-12-24-18/h1-2,4,6,8,10,14,17H,3,5,7,9,11-13H2/t17-/m1/s1. The average molecular weight is 338 g/mol. The topological polar surface area (TPSA) is 51.7 Å². The molecule has 1 amide bonds. The maximum absolute atomic E-state index is 12.7. The molecule has 3 heterocycles. The van der Waals surface area contributed by atoms with Crippen molar-refractivity contribution < 1.29 is 14.3 Å². The lowest BCUT2D eigenvalue weighted by Crippen LogP contribution is -2.30. The molecular weight excluding hydrogens is 316 g/mol. The molecule has 2 aliphatic rings. The Morgan fingerprint density at radius 3 is 2.88 bits per heavy atom. The Labute approximate surface area is 147 Å². The van der Waals surface area contributed by atoms with Crippen LogP contribution in [0.25, 0.3) is 0 Å². The van der Waals surface area contributed by atoms with Gasteiger partial charge >= 0.3 is 0 Å². The van der Waals surface area contributed by atoms with E-state index in [4.69, 9.17) is 9.47 Å². The molecular formula is C20H22N2O3. The molecule has 0 radical (unpaired) electrons. The van der Waals surface area contributed by atoms with Gasteiger partial charge in [0.15, 0.2) is 11.5 Å². The molecule has 0 unspecified atom stereocenters. The van der Waals surface area contributed by atoms with E-state index in [0.717, 1.165) is 42.1 Å². The number of nitrogens with zero attached hydrogens (tertiary/aromatic N) is 2. The van der Waals surface area contributed by atoms with Gasteiger partial charge in [0.25, 0.3) is 0 Å². The van der Waals surface area contributed by atoms with Crippen LogP contribution in [-0.4, -0.2) is 35.5 Å². The molecule has 1 aromatic carbocycles. The van der Waals surface area contributed by atoms with Crippen LogP contribution in [0.4, 0.5) is 0 Å². The first-order chi connectivity index (χ1) is 12.3. The van der Waals surface area contributed by atoms with Crippen molar-refractivity contribution in [2.75, 3.05) is 19.8 Å². The first kappa shape index (κ1) is 15.9. The molecule has 0 N–H and O–H groups in total. The zero-order valence-corrected chi connectivity index (χ0v) is 14.2. The monoisotopic (exact) mass is 338 g/mol. The summed E-state index contributed by atoms with van der Waals surface area (Å²) in [4.78, 5) is 19.0. The first-order valence-electron chi connectivity index (χ1n) is 8.90. The molecule has 2 aromatic rings. The summed E-state index contributed by atoms with van der Waals surface area (Å²) < 4.78 is 11.3. The quantitative estimate of drug-likeness (QED) is 0.859. The Kier molecular flexibility index (Phi) is 4.55. The van der Waals surface area contributed by atoms with Crippen molar-refractivity contribution >= 4 is 5.91 Å². The van der Waals surface area contributed by atoms with Crippen molar-refractivity contribution in [2.24, 2.45) is 0 Å². The summed E-state index contributed by atoms with van der Waals surface area (Å²) in [6.45, 7) is 1.99. The number of carbonyl (C=O) groups is 1. The third-order valence-corrected chi connectivity index (χ3v) is 4.85. The maximum Gasteiger partial charge on any atom is 0.223 e. The highest BCUT2D eigenvalue weighted by molar-refractivity contribution is 5.77. The van der Waals surface area contributed by atoms with E-state index in [1.165, 1.54) is 0 Å². The van der Waals surface area contributed by atoms with E-state index in [-0.39, 0.29) is 11.9 Å². The number of aryl methyl sites for hydroxylation is 1. The lowest BCUT2D eigenvalue weighted by atomic mass is 10.0. The number of ether oxygens (including phenoxy) is 2. The highest BCUT2D eigenvalue weighted by atomic mass is 16.6. The third-order valence-electron chi connectivity index (χ3n) is 4.85. The van der Waals surface area contributed by atoms with E-state index in [1.807, 2.05) is 35.2 Å². The molecule has 0 bridgehead atoms. The third kappa shape index (κ3) is 3.45. The Hall–Kier alpha value is -2.56. The van der Waals surface area contributed by atoms with Crippen LogP contribution in [-0.2, 0) is 11.2 Å². The minimum absolute atomic E-state index is 0.132. The normalized spacial score (nSPS) is 19.0. The number of amides is 1. The number of aromatic nitrogens is 1. The zero-order chi connectivity index (χ0) is 17.1. The summed E-state index contributed by atoms with van der Waals surface area (Å²) >= 11 is 0. The van der Waals surface area contributed by atoms with Gasteiger partial charge in [-0.05, 0) is 49.1 Å². The van der Waals surface area contributed by atoms with Gasteiger partial charge in [-0.25, -0.2) is 0 Å². The van der Waals surface area contributed by atoms with Crippen LogP contribution in [0.2, 0.25) is 0 Å². The number of likely N-dealkylation sites (tertiary alicyclic amines) is 1. The fourth-order valence-corrected chi connectivity index (χ4v) is 3.60. The minimum atomic E-state index is 0.132. The van der Waals surface area contributed by atoms with E-state index in [2.05, 4.69) is 11.1 Å². The van der Waals surface area contributed by atoms with Crippen LogP contribution in [0.15, 0.2) is 42.6 Å². The summed E-state index contributed by atoms with van der Waals surface area (Å²) in [5.74, 6) is 1.78. The fraction of sp³-hybridized carbons (Fsp3) is 0.400. The lowest BCUT2D eigenvalue weighted by Gasteiger charge is -2.27. The van der Waals surface area contributed by atoms with Crippen LogP contribution in [0, 0.1) is 0 Å². The highest BCUT2D eigenvalue weighted by Crippen LogP contribution is 2.38. The van der Waals surface area contributed by atoms with Crippen LogP contribution in [0.3, 0.4) is 0 Å². The van der Waals surface area contributed by atoms with Gasteiger partial charge in [-0.2, -0.15) is 0 Å². The largest absolute Gasteiger partial charge is 0.486 e. The summed E-state index contributed by atoms with van der Waals surface area (Å²) in [6.07, 6.45) is 4.99. The number of fused-ring (bicyclic) bond motifs is 1. The van der Waals surface area contributed by atoms with Crippen LogP contribution >= 0.6 is 0 Å². The van der Waals surface area contributed by atoms with Gasteiger partial charge in [0, 0.05) is 24.9 Å². The summed E-state index contributed by atoms with van der Waals surface area (Å²) in [6, 6.07) is 12.0. The van der Waals surface area contributed by atoms with Crippen LogP contribution in [0.1, 0.15) is 36.6 Å². The molecule has 1 atom stereocenters. The molecule has 1 fully saturated rings. The molecule has 4 rings (SSSR count). The predicted octanol–water partition coefficient (Wildman–Crippen LogP) is 3.15. The van der Waals surface area contributed by atoms with E-state index in [0.29, 0.717) is 26.1 Å². The van der Waals surface area contributed by atoms with E-state index in [1.54, 1.807) is 6.20 Å². The van der Waals surface area contributed by atoms with Gasteiger partial charge in [0.1, 0.15) is 13.2 Å². The molecule has 0 aliphatic carbocycles. The number of carbonyl (C=O) groups excluding carboxylic acids is 1. The molecule has 5 heteroatoms. The number of rotatable bonds is 4. The Morgan fingerprint density at radius 1 is 1.16 bits per heavy atom. The number of pyridine rings is 1. The smallest absolute Gasteiger partial charge is 0.223 e. The van der Waals surface area contributed by atoms with Gasteiger partial charge in [-0.15, -0.1) is 0 Å². The number of hydrogen-bond acceptors (Lipinski definition) is 4. The van der Waals surface area contributed by atoms with E-state index < -0.39 is 0 Å². The summed E-state index contributed by atoms with van der Waals surface area (Å²) in [5.41, 5.74) is 2.10. The molecule has 0 spiro atoms. The van der Waals surface area contributed by atoms with Crippen LogP contribution < -0.4 is 9.47 Å². The van der Waals surface area contributed by atoms with Crippen molar-refractivity contribution in [2.45, 2.75) is 31.7 Å². The fourth-order valence-electron chi connectivity index (χ4n) is 3.60. The second kappa shape index (κ2) is 7.13.